The van der Waals surface area contributed by atoms with Crippen molar-refractivity contribution in [1.29, 1.82) is 0 Å². The van der Waals surface area contributed by atoms with Gasteiger partial charge < -0.3 is 28.4 Å². The summed E-state index contributed by atoms with van der Waals surface area (Å²) in [6.45, 7) is 12.2. The predicted molar refractivity (Wildman–Crippen MR) is 129 cm³/mol. The highest BCUT2D eigenvalue weighted by Gasteiger charge is 2.46. The van der Waals surface area contributed by atoms with E-state index in [1.807, 2.05) is 6.07 Å². The van der Waals surface area contributed by atoms with Gasteiger partial charge in [0, 0.05) is 29.0 Å². The van der Waals surface area contributed by atoms with Crippen molar-refractivity contribution in [3.05, 3.63) is 46.5 Å². The fraction of sp³-hybridized carbons (Fsp3) is 0.462. The molecule has 33 heavy (non-hydrogen) atoms. The van der Waals surface area contributed by atoms with Gasteiger partial charge in [-0.15, -0.1) is 0 Å². The second-order valence-corrected chi connectivity index (χ2v) is 15.1. The van der Waals surface area contributed by atoms with Crippen molar-refractivity contribution >= 4 is 13.3 Å². The van der Waals surface area contributed by atoms with Crippen molar-refractivity contribution in [2.75, 3.05) is 27.3 Å². The highest BCUT2D eigenvalue weighted by atomic mass is 28.3. The van der Waals surface area contributed by atoms with Crippen LogP contribution in [0.1, 0.15) is 42.6 Å². The lowest BCUT2D eigenvalue weighted by Gasteiger charge is -2.30. The van der Waals surface area contributed by atoms with Crippen LogP contribution >= 0.6 is 0 Å². The maximum absolute atomic E-state index is 6.76. The number of rotatable bonds is 6. The van der Waals surface area contributed by atoms with Gasteiger partial charge in [-0.3, -0.25) is 0 Å². The quantitative estimate of drug-likeness (QED) is 0.336. The number of hydrogen-bond donors (Lipinski definition) is 0. The van der Waals surface area contributed by atoms with E-state index in [4.69, 9.17) is 28.4 Å². The lowest BCUT2D eigenvalue weighted by molar-refractivity contribution is 0.0499. The molecule has 0 unspecified atom stereocenters. The summed E-state index contributed by atoms with van der Waals surface area (Å²) in [4.78, 5) is 0. The number of hydrogen-bond acceptors (Lipinski definition) is 6. The van der Waals surface area contributed by atoms with Crippen LogP contribution in [0.3, 0.4) is 0 Å². The van der Waals surface area contributed by atoms with E-state index in [0.717, 1.165) is 51.9 Å². The minimum absolute atomic E-state index is 0.108. The van der Waals surface area contributed by atoms with Gasteiger partial charge in [-0.05, 0) is 38.5 Å². The molecule has 0 amide bonds. The Morgan fingerprint density at radius 2 is 1.88 bits per heavy atom. The molecule has 0 radical (unpaired) electrons. The number of fused-ring (bicyclic) bond motifs is 6. The number of benzene rings is 2. The summed E-state index contributed by atoms with van der Waals surface area (Å²) in [5.41, 5.74) is 4.51. The Kier molecular flexibility index (Phi) is 5.57. The van der Waals surface area contributed by atoms with E-state index in [0.29, 0.717) is 6.61 Å². The van der Waals surface area contributed by atoms with Crippen LogP contribution in [0.4, 0.5) is 0 Å². The van der Waals surface area contributed by atoms with Crippen LogP contribution in [0.15, 0.2) is 29.8 Å². The Bertz CT molecular complexity index is 1110. The monoisotopic (exact) mass is 468 g/mol. The molecular formula is C26H32O6Si. The van der Waals surface area contributed by atoms with Gasteiger partial charge in [0.15, 0.2) is 18.3 Å². The van der Waals surface area contributed by atoms with Crippen molar-refractivity contribution in [2.24, 2.45) is 0 Å². The molecule has 0 aromatic heterocycles. The van der Waals surface area contributed by atoms with Crippen LogP contribution in [0.2, 0.25) is 19.6 Å². The minimum atomic E-state index is -1.78. The number of ether oxygens (including phenoxy) is 6. The first-order valence-corrected chi connectivity index (χ1v) is 15.0. The van der Waals surface area contributed by atoms with E-state index in [1.165, 1.54) is 10.8 Å². The molecule has 0 aliphatic carbocycles. The zero-order valence-corrected chi connectivity index (χ0v) is 21.2. The lowest BCUT2D eigenvalue weighted by Crippen LogP contribution is -2.39. The Labute approximate surface area is 196 Å². The molecule has 0 saturated carbocycles. The highest BCUT2D eigenvalue weighted by Crippen LogP contribution is 2.55. The molecular weight excluding hydrogens is 436 g/mol. The second kappa shape index (κ2) is 8.29. The number of allylic oxidation sites excluding steroid dienone is 2. The van der Waals surface area contributed by atoms with Crippen LogP contribution in [0.5, 0.6) is 28.7 Å². The molecule has 176 valence electrons. The van der Waals surface area contributed by atoms with Crippen LogP contribution in [0.25, 0.3) is 0 Å². The van der Waals surface area contributed by atoms with E-state index < -0.39 is 8.07 Å². The van der Waals surface area contributed by atoms with Gasteiger partial charge >= 0.3 is 0 Å². The van der Waals surface area contributed by atoms with Gasteiger partial charge in [0.25, 0.3) is 0 Å². The molecule has 0 fully saturated rings. The molecule has 2 aromatic rings. The van der Waals surface area contributed by atoms with Gasteiger partial charge in [-0.2, -0.15) is 0 Å². The second-order valence-electron chi connectivity index (χ2n) is 10.1. The zero-order valence-electron chi connectivity index (χ0n) is 20.2. The van der Waals surface area contributed by atoms with Gasteiger partial charge in [0.1, 0.15) is 23.4 Å². The van der Waals surface area contributed by atoms with Crippen LogP contribution < -0.4 is 28.9 Å². The van der Waals surface area contributed by atoms with Crippen molar-refractivity contribution in [3.8, 4) is 28.7 Å². The summed E-state index contributed by atoms with van der Waals surface area (Å²) in [6, 6.07) is 6.18. The maximum Gasteiger partial charge on any atom is 0.231 e. The zero-order chi connectivity index (χ0) is 23.3. The largest absolute Gasteiger partial charge is 0.492 e. The van der Waals surface area contributed by atoms with E-state index in [9.17, 15) is 0 Å². The Morgan fingerprint density at radius 1 is 1.06 bits per heavy atom. The normalized spacial score (nSPS) is 19.7. The van der Waals surface area contributed by atoms with E-state index >= 15 is 0 Å². The molecule has 2 atom stereocenters. The average molecular weight is 469 g/mol. The Balaban J connectivity index is 1.59. The summed E-state index contributed by atoms with van der Waals surface area (Å²) in [6.07, 6.45) is 2.81. The average Bonchev–Trinajstić information content (AvgIpc) is 3.37. The third-order valence-electron chi connectivity index (χ3n) is 6.41. The highest BCUT2D eigenvalue weighted by molar-refractivity contribution is 6.90. The molecule has 6 nitrogen and oxygen atoms in total. The number of methoxy groups -OCH3 is 1. The fourth-order valence-corrected chi connectivity index (χ4v) is 6.67. The van der Waals surface area contributed by atoms with Crippen LogP contribution in [-0.2, 0) is 11.2 Å². The molecule has 0 bridgehead atoms. The molecule has 3 heterocycles. The molecule has 0 saturated heterocycles. The first-order chi connectivity index (χ1) is 15.8. The topological polar surface area (TPSA) is 55.4 Å². The van der Waals surface area contributed by atoms with E-state index in [1.54, 1.807) is 7.11 Å². The Hall–Kier alpha value is -2.64. The summed E-state index contributed by atoms with van der Waals surface area (Å²) < 4.78 is 35.9. The van der Waals surface area contributed by atoms with Gasteiger partial charge in [-0.1, -0.05) is 31.3 Å². The minimum Gasteiger partial charge on any atom is -0.492 e. The molecule has 0 spiro atoms. The Morgan fingerprint density at radius 3 is 2.61 bits per heavy atom. The van der Waals surface area contributed by atoms with Crippen molar-refractivity contribution in [1.82, 2.24) is 0 Å². The smallest absolute Gasteiger partial charge is 0.231 e. The van der Waals surface area contributed by atoms with Crippen molar-refractivity contribution in [2.45, 2.75) is 51.9 Å². The first-order valence-electron chi connectivity index (χ1n) is 11.5. The maximum atomic E-state index is 6.76. The molecule has 3 aliphatic heterocycles. The summed E-state index contributed by atoms with van der Waals surface area (Å²) in [5.74, 6) is 4.42. The summed E-state index contributed by atoms with van der Waals surface area (Å²) in [7, 11) is -0.151. The first kappa shape index (κ1) is 22.2. The van der Waals surface area contributed by atoms with Crippen molar-refractivity contribution < 1.29 is 28.4 Å². The molecule has 0 N–H and O–H groups in total. The standard InChI is InChI=1S/C26H32O6Si/c1-15(2)7-8-16-20(29-13-27-3)10-9-17-22(16)28-12-19-18-11-21-25(31-14-30-21)26(33(4,5)6)24(18)32-23(17)19/h7,9-11,19,23H,8,12-14H2,1-6H3/t19-,23-/m0/s1. The van der Waals surface area contributed by atoms with Crippen LogP contribution in [-0.4, -0.2) is 35.4 Å². The van der Waals surface area contributed by atoms with E-state index in [-0.39, 0.29) is 25.6 Å². The summed E-state index contributed by atoms with van der Waals surface area (Å²) in [5, 5.41) is 1.20. The molecule has 2 aromatic carbocycles. The van der Waals surface area contributed by atoms with Crippen molar-refractivity contribution in [3.63, 3.8) is 0 Å². The lowest BCUT2D eigenvalue weighted by atomic mass is 9.87. The molecule has 7 heteroatoms. The van der Waals surface area contributed by atoms with Gasteiger partial charge in [0.05, 0.1) is 20.6 Å². The third kappa shape index (κ3) is 3.77. The summed E-state index contributed by atoms with van der Waals surface area (Å²) >= 11 is 0. The molecule has 3 aliphatic rings. The van der Waals surface area contributed by atoms with Gasteiger partial charge in [-0.25, -0.2) is 0 Å². The SMILES string of the molecule is COCOc1ccc2c(c1CC=C(C)C)OC[C@H]1c3cc4c(c([Si](C)(C)C)c3O[C@@H]21)OCO4. The predicted octanol–water partition coefficient (Wildman–Crippen LogP) is 5.06. The van der Waals surface area contributed by atoms with Crippen LogP contribution in [0, 0.1) is 0 Å². The third-order valence-corrected chi connectivity index (χ3v) is 8.37. The molecule has 5 rings (SSSR count). The fourth-order valence-electron chi connectivity index (χ4n) is 4.91. The van der Waals surface area contributed by atoms with Gasteiger partial charge in [0.2, 0.25) is 6.79 Å². The van der Waals surface area contributed by atoms with E-state index in [2.05, 4.69) is 51.7 Å².